The molecule has 3 aliphatic rings. The van der Waals surface area contributed by atoms with Gasteiger partial charge in [-0.1, -0.05) is 6.07 Å². The van der Waals surface area contributed by atoms with Gasteiger partial charge in [0.15, 0.2) is 0 Å². The normalized spacial score (nSPS) is 36.5. The second-order valence-electron chi connectivity index (χ2n) is 6.31. The topological polar surface area (TPSA) is 72.2 Å². The third kappa shape index (κ3) is 1.65. The van der Waals surface area contributed by atoms with Crippen LogP contribution in [0, 0.1) is 39.7 Å². The summed E-state index contributed by atoms with van der Waals surface area (Å²) in [6, 6.07) is 6.16. The van der Waals surface area contributed by atoms with Gasteiger partial charge in [-0.05, 0) is 49.0 Å². The molecule has 0 aromatic heterocycles. The number of non-ortho nitro benzene ring substituents is 1. The van der Waals surface area contributed by atoms with Crippen molar-refractivity contribution < 1.29 is 9.72 Å². The maximum absolute atomic E-state index is 12.3. The number of nitrogens with zero attached hydrogens (tertiary/aromatic N) is 1. The quantitative estimate of drug-likeness (QED) is 0.679. The first kappa shape index (κ1) is 11.9. The van der Waals surface area contributed by atoms with E-state index in [0.29, 0.717) is 17.5 Å². The van der Waals surface area contributed by atoms with Crippen LogP contribution < -0.4 is 5.32 Å². The van der Waals surface area contributed by atoms with Crippen LogP contribution in [0.3, 0.4) is 0 Å². The Labute approximate surface area is 116 Å². The van der Waals surface area contributed by atoms with Crippen molar-refractivity contribution in [3.63, 3.8) is 0 Å². The summed E-state index contributed by atoms with van der Waals surface area (Å²) in [5.41, 5.74) is 0.542. The van der Waals surface area contributed by atoms with Gasteiger partial charge in [0, 0.05) is 23.7 Å². The molecule has 0 heterocycles. The predicted molar refractivity (Wildman–Crippen MR) is 73.0 cm³/mol. The van der Waals surface area contributed by atoms with Crippen LogP contribution in [-0.4, -0.2) is 10.8 Å². The van der Waals surface area contributed by atoms with Crippen LogP contribution in [0.15, 0.2) is 24.3 Å². The molecule has 2 bridgehead atoms. The average molecular weight is 272 g/mol. The van der Waals surface area contributed by atoms with Gasteiger partial charge in [-0.15, -0.1) is 0 Å². The fraction of sp³-hybridized carbons (Fsp3) is 0.533. The van der Waals surface area contributed by atoms with Gasteiger partial charge in [-0.2, -0.15) is 0 Å². The molecular formula is C15H16N2O3. The van der Waals surface area contributed by atoms with Crippen LogP contribution in [0.4, 0.5) is 11.4 Å². The largest absolute Gasteiger partial charge is 0.326 e. The van der Waals surface area contributed by atoms with Gasteiger partial charge < -0.3 is 5.32 Å². The molecule has 1 aromatic carbocycles. The van der Waals surface area contributed by atoms with Crippen LogP contribution in [0.1, 0.15) is 19.3 Å². The van der Waals surface area contributed by atoms with Gasteiger partial charge in [0.05, 0.1) is 4.92 Å². The number of nitrogens with one attached hydrogen (secondary N) is 1. The number of hydrogen-bond donors (Lipinski definition) is 1. The minimum absolute atomic E-state index is 0.0128. The van der Waals surface area contributed by atoms with Gasteiger partial charge in [0.2, 0.25) is 5.91 Å². The molecular weight excluding hydrogens is 256 g/mol. The first-order valence-electron chi connectivity index (χ1n) is 7.20. The van der Waals surface area contributed by atoms with Crippen molar-refractivity contribution in [1.82, 2.24) is 0 Å². The minimum atomic E-state index is -0.443. The van der Waals surface area contributed by atoms with E-state index < -0.39 is 4.92 Å². The molecule has 1 aromatic rings. The smallest absolute Gasteiger partial charge is 0.271 e. The van der Waals surface area contributed by atoms with Crippen LogP contribution in [0.2, 0.25) is 0 Å². The van der Waals surface area contributed by atoms with Crippen LogP contribution >= 0.6 is 0 Å². The van der Waals surface area contributed by atoms with Gasteiger partial charge in [0.1, 0.15) is 0 Å². The van der Waals surface area contributed by atoms with E-state index in [9.17, 15) is 14.9 Å². The van der Waals surface area contributed by atoms with Crippen molar-refractivity contribution in [2.45, 2.75) is 19.3 Å². The Morgan fingerprint density at radius 2 is 1.95 bits per heavy atom. The van der Waals surface area contributed by atoms with E-state index >= 15 is 0 Å². The molecule has 0 spiro atoms. The van der Waals surface area contributed by atoms with Crippen molar-refractivity contribution in [2.24, 2.45) is 29.6 Å². The molecule has 20 heavy (non-hydrogen) atoms. The Bertz CT molecular complexity index is 585. The summed E-state index contributed by atoms with van der Waals surface area (Å²) in [5, 5.41) is 13.6. The fourth-order valence-electron chi connectivity index (χ4n) is 4.60. The number of nitro groups is 1. The number of anilines is 1. The summed E-state index contributed by atoms with van der Waals surface area (Å²) in [6.45, 7) is 0. The van der Waals surface area contributed by atoms with E-state index in [1.807, 2.05) is 0 Å². The van der Waals surface area contributed by atoms with E-state index in [-0.39, 0.29) is 17.5 Å². The zero-order valence-electron chi connectivity index (χ0n) is 11.0. The molecule has 1 N–H and O–H groups in total. The molecule has 3 saturated carbocycles. The highest BCUT2D eigenvalue weighted by molar-refractivity contribution is 5.95. The Hall–Kier alpha value is -1.91. The molecule has 4 atom stereocenters. The zero-order valence-corrected chi connectivity index (χ0v) is 11.0. The van der Waals surface area contributed by atoms with E-state index in [0.717, 1.165) is 11.8 Å². The van der Waals surface area contributed by atoms with Crippen LogP contribution in [0.5, 0.6) is 0 Å². The summed E-state index contributed by atoms with van der Waals surface area (Å²) < 4.78 is 0. The van der Waals surface area contributed by atoms with E-state index in [1.54, 1.807) is 12.1 Å². The molecule has 5 nitrogen and oxygen atoms in total. The van der Waals surface area contributed by atoms with E-state index in [4.69, 9.17) is 0 Å². The maximum Gasteiger partial charge on any atom is 0.271 e. The molecule has 0 radical (unpaired) electrons. The van der Waals surface area contributed by atoms with Gasteiger partial charge in [-0.25, -0.2) is 0 Å². The highest BCUT2D eigenvalue weighted by Crippen LogP contribution is 2.69. The third-order valence-corrected chi connectivity index (χ3v) is 5.36. The lowest BCUT2D eigenvalue weighted by molar-refractivity contribution is -0.384. The monoisotopic (exact) mass is 272 g/mol. The lowest BCUT2D eigenvalue weighted by Crippen LogP contribution is -2.18. The van der Waals surface area contributed by atoms with Gasteiger partial charge >= 0.3 is 0 Å². The summed E-state index contributed by atoms with van der Waals surface area (Å²) >= 11 is 0. The van der Waals surface area contributed by atoms with Crippen molar-refractivity contribution in [1.29, 1.82) is 0 Å². The number of fused-ring (bicyclic) bond motifs is 5. The van der Waals surface area contributed by atoms with E-state index in [2.05, 4.69) is 5.32 Å². The molecule has 5 heteroatoms. The highest BCUT2D eigenvalue weighted by atomic mass is 16.6. The number of amides is 1. The number of carbonyl (C=O) groups excluding carboxylic acids is 1. The molecule has 0 unspecified atom stereocenters. The van der Waals surface area contributed by atoms with Gasteiger partial charge in [0.25, 0.3) is 5.69 Å². The lowest BCUT2D eigenvalue weighted by atomic mass is 10.0. The third-order valence-electron chi connectivity index (χ3n) is 5.36. The fourth-order valence-corrected chi connectivity index (χ4v) is 4.60. The maximum atomic E-state index is 12.3. The molecule has 104 valence electrons. The second-order valence-corrected chi connectivity index (χ2v) is 6.31. The second kappa shape index (κ2) is 4.04. The average Bonchev–Trinajstić information content (AvgIpc) is 2.88. The van der Waals surface area contributed by atoms with E-state index in [1.165, 1.54) is 31.4 Å². The predicted octanol–water partition coefficient (Wildman–Crippen LogP) is 2.83. The number of carbonyl (C=O) groups is 1. The number of hydrogen-bond acceptors (Lipinski definition) is 3. The SMILES string of the molecule is O=C(Nc1cccc([N+](=O)[O-])c1)C1[C@H]2[C@H]3CC[C@@H](C3)[C@H]12. The molecule has 3 aliphatic carbocycles. The Morgan fingerprint density at radius 1 is 1.25 bits per heavy atom. The van der Waals surface area contributed by atoms with Crippen molar-refractivity contribution >= 4 is 17.3 Å². The van der Waals surface area contributed by atoms with Crippen molar-refractivity contribution in [3.05, 3.63) is 34.4 Å². The van der Waals surface area contributed by atoms with Gasteiger partial charge in [-0.3, -0.25) is 14.9 Å². The molecule has 3 fully saturated rings. The Morgan fingerprint density at radius 3 is 2.60 bits per heavy atom. The highest BCUT2D eigenvalue weighted by Gasteiger charge is 2.67. The zero-order chi connectivity index (χ0) is 13.9. The molecule has 0 aliphatic heterocycles. The lowest BCUT2D eigenvalue weighted by Gasteiger charge is -2.09. The first-order valence-corrected chi connectivity index (χ1v) is 7.20. The molecule has 4 rings (SSSR count). The number of nitro benzene ring substituents is 1. The molecule has 0 saturated heterocycles. The van der Waals surface area contributed by atoms with Crippen LogP contribution in [0.25, 0.3) is 0 Å². The van der Waals surface area contributed by atoms with Crippen molar-refractivity contribution in [2.75, 3.05) is 5.32 Å². The summed E-state index contributed by atoms with van der Waals surface area (Å²) in [6.07, 6.45) is 3.88. The van der Waals surface area contributed by atoms with Crippen molar-refractivity contribution in [3.8, 4) is 0 Å². The van der Waals surface area contributed by atoms with Crippen LogP contribution in [-0.2, 0) is 4.79 Å². The Balaban J connectivity index is 1.46. The summed E-state index contributed by atoms with van der Waals surface area (Å²) in [5.74, 6) is 2.90. The first-order chi connectivity index (χ1) is 9.65. The number of benzene rings is 1. The summed E-state index contributed by atoms with van der Waals surface area (Å²) in [4.78, 5) is 22.6. The molecule has 1 amide bonds. The Kier molecular flexibility index (Phi) is 2.40. The minimum Gasteiger partial charge on any atom is -0.326 e. The number of rotatable bonds is 3. The standard InChI is InChI=1S/C15H16N2O3/c18-15(14-12-8-4-5-9(6-8)13(12)14)16-10-2-1-3-11(7-10)17(19)20/h1-3,7-9,12-14H,4-6H2,(H,16,18)/t8-,9-,12-,13-/m0/s1. The summed E-state index contributed by atoms with van der Waals surface area (Å²) in [7, 11) is 0.